The Morgan fingerprint density at radius 2 is 1.70 bits per heavy atom. The van der Waals surface area contributed by atoms with E-state index in [-0.39, 0.29) is 17.6 Å². The van der Waals surface area contributed by atoms with E-state index >= 15 is 0 Å². The smallest absolute Gasteiger partial charge is 0.326 e. The number of piperidine rings is 2. The monoisotopic (exact) mass is 449 g/mol. The Morgan fingerprint density at radius 1 is 1.00 bits per heavy atom. The fraction of sp³-hybridized carbons (Fsp3) is 0.500. The zero-order valence-corrected chi connectivity index (χ0v) is 20.0. The van der Waals surface area contributed by atoms with Crippen LogP contribution < -0.4 is 5.69 Å². The molecule has 1 aromatic carbocycles. The van der Waals surface area contributed by atoms with Gasteiger partial charge in [-0.05, 0) is 62.4 Å². The van der Waals surface area contributed by atoms with E-state index in [1.807, 2.05) is 48.4 Å². The highest BCUT2D eigenvalue weighted by molar-refractivity contribution is 5.93. The summed E-state index contributed by atoms with van der Waals surface area (Å²) in [7, 11) is 0. The maximum absolute atomic E-state index is 12.7. The molecular formula is C26H35N5O2. The van der Waals surface area contributed by atoms with Gasteiger partial charge in [0, 0.05) is 50.7 Å². The highest BCUT2D eigenvalue weighted by Crippen LogP contribution is 2.28. The van der Waals surface area contributed by atoms with Crippen molar-refractivity contribution in [3.05, 3.63) is 64.3 Å². The molecule has 0 saturated carbocycles. The minimum atomic E-state index is 0.00118. The third kappa shape index (κ3) is 4.88. The molecule has 0 bridgehead atoms. The average molecular weight is 450 g/mol. The van der Waals surface area contributed by atoms with Crippen LogP contribution in [0.1, 0.15) is 61.5 Å². The van der Waals surface area contributed by atoms with Crippen molar-refractivity contribution in [1.29, 1.82) is 0 Å². The first-order valence-electron chi connectivity index (χ1n) is 12.2. The lowest BCUT2D eigenvalue weighted by molar-refractivity contribution is 0.0557. The first kappa shape index (κ1) is 23.2. The summed E-state index contributed by atoms with van der Waals surface area (Å²) in [5.41, 5.74) is 3.76. The molecule has 3 aromatic rings. The van der Waals surface area contributed by atoms with Gasteiger partial charge in [-0.25, -0.2) is 4.79 Å². The minimum absolute atomic E-state index is 0.00118. The molecule has 2 aromatic heterocycles. The van der Waals surface area contributed by atoms with Gasteiger partial charge >= 0.3 is 5.69 Å². The Labute approximate surface area is 195 Å². The van der Waals surface area contributed by atoms with Gasteiger partial charge in [-0.2, -0.15) is 0 Å². The summed E-state index contributed by atoms with van der Waals surface area (Å²) in [5.74, 6) is 0.0826. The molecule has 2 aliphatic rings. The third-order valence-corrected chi connectivity index (χ3v) is 6.91. The largest absolute Gasteiger partial charge is 0.338 e. The zero-order chi connectivity index (χ0) is 23.4. The second-order valence-corrected chi connectivity index (χ2v) is 8.85. The van der Waals surface area contributed by atoms with Gasteiger partial charge in [0.1, 0.15) is 0 Å². The number of nitrogens with zero attached hydrogens (tertiary/aromatic N) is 4. The van der Waals surface area contributed by atoms with E-state index in [1.54, 1.807) is 12.4 Å². The number of hydrogen-bond acceptors (Lipinski definition) is 4. The Kier molecular flexibility index (Phi) is 7.28. The molecule has 7 nitrogen and oxygen atoms in total. The summed E-state index contributed by atoms with van der Waals surface area (Å²) in [6.07, 6.45) is 7.31. The van der Waals surface area contributed by atoms with E-state index in [0.29, 0.717) is 11.6 Å². The zero-order valence-electron chi connectivity index (χ0n) is 20.0. The van der Waals surface area contributed by atoms with Crippen molar-refractivity contribution in [2.24, 2.45) is 0 Å². The molecule has 0 radical (unpaired) electrons. The molecule has 5 rings (SSSR count). The molecular weight excluding hydrogens is 414 g/mol. The molecule has 7 heteroatoms. The van der Waals surface area contributed by atoms with Crippen molar-refractivity contribution >= 4 is 16.9 Å². The first-order valence-corrected chi connectivity index (χ1v) is 12.2. The van der Waals surface area contributed by atoms with Gasteiger partial charge in [0.25, 0.3) is 5.91 Å². The van der Waals surface area contributed by atoms with Crippen LogP contribution in [0.25, 0.3) is 11.0 Å². The van der Waals surface area contributed by atoms with E-state index in [9.17, 15) is 9.59 Å². The van der Waals surface area contributed by atoms with Gasteiger partial charge in [0.2, 0.25) is 0 Å². The predicted molar refractivity (Wildman–Crippen MR) is 132 cm³/mol. The summed E-state index contributed by atoms with van der Waals surface area (Å²) in [6.45, 7) is 9.62. The standard InChI is InChI=1S/C24H29N5O2.C2H6/c1-17-4-5-22-21(15-17)26-24(31)29(22)20-8-11-27(12-9-20)19-6-13-28(14-7-19)23(30)18-3-2-10-25-16-18;1-2/h2-5,10,15-16,19-20H,6-9,11-14H2,1H3,(H,26,31);1-2H3. The van der Waals surface area contributed by atoms with Crippen LogP contribution >= 0.6 is 0 Å². The SMILES string of the molecule is CC.Cc1ccc2c(c1)[nH]c(=O)n2C1CCN(C2CCN(C(=O)c3cccnc3)CC2)CC1. The number of fused-ring (bicyclic) bond motifs is 1. The molecule has 176 valence electrons. The van der Waals surface area contributed by atoms with E-state index < -0.39 is 0 Å². The summed E-state index contributed by atoms with van der Waals surface area (Å²) in [6, 6.07) is 10.6. The van der Waals surface area contributed by atoms with E-state index in [2.05, 4.69) is 27.0 Å². The topological polar surface area (TPSA) is 74.2 Å². The Hall–Kier alpha value is -2.93. The molecule has 0 aliphatic carbocycles. The van der Waals surface area contributed by atoms with Crippen LogP contribution in [0.3, 0.4) is 0 Å². The Morgan fingerprint density at radius 3 is 2.36 bits per heavy atom. The number of carbonyl (C=O) groups excluding carboxylic acids is 1. The number of aromatic amines is 1. The average Bonchev–Trinajstić information content (AvgIpc) is 3.20. The Balaban J connectivity index is 0.00000126. The van der Waals surface area contributed by atoms with Gasteiger partial charge in [-0.3, -0.25) is 14.3 Å². The van der Waals surface area contributed by atoms with Gasteiger partial charge in [0.05, 0.1) is 16.6 Å². The molecule has 0 spiro atoms. The van der Waals surface area contributed by atoms with Gasteiger partial charge in [-0.15, -0.1) is 0 Å². The van der Waals surface area contributed by atoms with Crippen LogP contribution in [0.2, 0.25) is 0 Å². The van der Waals surface area contributed by atoms with Crippen LogP contribution in [0.15, 0.2) is 47.5 Å². The van der Waals surface area contributed by atoms with Crippen molar-refractivity contribution < 1.29 is 4.79 Å². The molecule has 1 amide bonds. The molecule has 33 heavy (non-hydrogen) atoms. The molecule has 2 fully saturated rings. The quantitative estimate of drug-likeness (QED) is 0.656. The fourth-order valence-electron chi connectivity index (χ4n) is 5.22. The second kappa shape index (κ2) is 10.3. The number of nitrogens with one attached hydrogen (secondary N) is 1. The second-order valence-electron chi connectivity index (χ2n) is 8.85. The van der Waals surface area contributed by atoms with Crippen LogP contribution in [0.5, 0.6) is 0 Å². The molecule has 0 atom stereocenters. The molecule has 2 aliphatic heterocycles. The van der Waals surface area contributed by atoms with E-state index in [1.165, 1.54) is 0 Å². The number of imidazole rings is 1. The number of aromatic nitrogens is 3. The van der Waals surface area contributed by atoms with E-state index in [4.69, 9.17) is 0 Å². The maximum atomic E-state index is 12.7. The van der Waals surface area contributed by atoms with Crippen molar-refractivity contribution in [1.82, 2.24) is 24.3 Å². The summed E-state index contributed by atoms with van der Waals surface area (Å²) >= 11 is 0. The Bertz CT molecular complexity index is 1120. The lowest BCUT2D eigenvalue weighted by Crippen LogP contribution is -2.49. The first-order chi connectivity index (χ1) is 16.1. The van der Waals surface area contributed by atoms with Crippen LogP contribution in [0, 0.1) is 6.92 Å². The number of likely N-dealkylation sites (tertiary alicyclic amines) is 2. The number of carbonyl (C=O) groups is 1. The van der Waals surface area contributed by atoms with Crippen LogP contribution in [-0.2, 0) is 0 Å². The summed E-state index contributed by atoms with van der Waals surface area (Å²) in [4.78, 5) is 36.9. The van der Waals surface area contributed by atoms with Gasteiger partial charge in [0.15, 0.2) is 0 Å². The number of benzene rings is 1. The highest BCUT2D eigenvalue weighted by Gasteiger charge is 2.31. The van der Waals surface area contributed by atoms with Crippen molar-refractivity contribution in [3.63, 3.8) is 0 Å². The lowest BCUT2D eigenvalue weighted by atomic mass is 9.97. The number of hydrogen-bond donors (Lipinski definition) is 1. The van der Waals surface area contributed by atoms with Crippen LogP contribution in [-0.4, -0.2) is 62.5 Å². The molecule has 0 unspecified atom stereocenters. The van der Waals surface area contributed by atoms with Crippen LogP contribution in [0.4, 0.5) is 0 Å². The van der Waals surface area contributed by atoms with Crippen molar-refractivity contribution in [2.75, 3.05) is 26.2 Å². The lowest BCUT2D eigenvalue weighted by Gasteiger charge is -2.42. The number of pyridine rings is 1. The van der Waals surface area contributed by atoms with Crippen molar-refractivity contribution in [3.8, 4) is 0 Å². The van der Waals surface area contributed by atoms with E-state index in [0.717, 1.165) is 68.5 Å². The number of aryl methyl sites for hydroxylation is 1. The molecule has 4 heterocycles. The predicted octanol–water partition coefficient (Wildman–Crippen LogP) is 4.00. The normalized spacial score (nSPS) is 18.2. The number of rotatable bonds is 3. The minimum Gasteiger partial charge on any atom is -0.338 e. The summed E-state index contributed by atoms with van der Waals surface area (Å²) in [5, 5.41) is 0. The maximum Gasteiger partial charge on any atom is 0.326 e. The summed E-state index contributed by atoms with van der Waals surface area (Å²) < 4.78 is 1.96. The third-order valence-electron chi connectivity index (χ3n) is 6.91. The van der Waals surface area contributed by atoms with Crippen molar-refractivity contribution in [2.45, 2.75) is 58.5 Å². The van der Waals surface area contributed by atoms with Gasteiger partial charge in [-0.1, -0.05) is 19.9 Å². The number of amides is 1. The van der Waals surface area contributed by atoms with Gasteiger partial charge < -0.3 is 14.8 Å². The molecule has 2 saturated heterocycles. The molecule has 1 N–H and O–H groups in total. The fourth-order valence-corrected chi connectivity index (χ4v) is 5.22. The number of H-pyrrole nitrogens is 1. The highest BCUT2D eigenvalue weighted by atomic mass is 16.2.